The van der Waals surface area contributed by atoms with Crippen molar-refractivity contribution in [3.05, 3.63) is 29.3 Å². The molecule has 0 bridgehead atoms. The molecule has 1 saturated heterocycles. The van der Waals surface area contributed by atoms with Gasteiger partial charge in [-0.2, -0.15) is 4.99 Å². The van der Waals surface area contributed by atoms with Gasteiger partial charge in [-0.25, -0.2) is 13.8 Å². The molecule has 6 nitrogen and oxygen atoms in total. The van der Waals surface area contributed by atoms with Crippen molar-refractivity contribution < 1.29 is 13.5 Å². The Morgan fingerprint density at radius 2 is 2.05 bits per heavy atom. The summed E-state index contributed by atoms with van der Waals surface area (Å²) in [5.41, 5.74) is 5.90. The molecule has 0 aromatic heterocycles. The minimum atomic E-state index is -0.928. The molecule has 0 spiro atoms. The van der Waals surface area contributed by atoms with E-state index in [9.17, 15) is 8.78 Å². The van der Waals surface area contributed by atoms with Crippen molar-refractivity contribution in [3.8, 4) is 5.75 Å². The highest BCUT2D eigenvalue weighted by Crippen LogP contribution is 2.43. The van der Waals surface area contributed by atoms with E-state index in [0.717, 1.165) is 32.2 Å². The van der Waals surface area contributed by atoms with Crippen LogP contribution in [0.25, 0.3) is 0 Å². The molecule has 0 saturated carbocycles. The molecule has 1 fully saturated rings. The predicted octanol–water partition coefficient (Wildman–Crippen LogP) is 0.399. The molecular weight excluding hydrogens is 292 g/mol. The largest absolute Gasteiger partial charge is 0.479 e. The standard InChI is InChI=1S/C14H15F2N5O/c15-7-1-2-8-9(10(7)16)11-12(22-8)13(20-14(17)19-11)21-5-3-18-4-6-21/h1-2,11-12,18H,3-6H2,(H2,17,19). The number of hydrogen-bond donors (Lipinski definition) is 2. The van der Waals surface area contributed by atoms with E-state index in [0.29, 0.717) is 11.6 Å². The Hall–Kier alpha value is -2.22. The summed E-state index contributed by atoms with van der Waals surface area (Å²) in [6, 6.07) is 1.79. The van der Waals surface area contributed by atoms with Crippen LogP contribution in [0.5, 0.6) is 5.75 Å². The minimum absolute atomic E-state index is 0.0647. The van der Waals surface area contributed by atoms with Crippen molar-refractivity contribution in [1.29, 1.82) is 0 Å². The average Bonchev–Trinajstić information content (AvgIpc) is 2.90. The molecule has 2 atom stereocenters. The van der Waals surface area contributed by atoms with Gasteiger partial charge < -0.3 is 20.7 Å². The Labute approximate surface area is 125 Å². The number of guanidine groups is 1. The smallest absolute Gasteiger partial charge is 0.217 e. The number of hydrogen-bond acceptors (Lipinski definition) is 6. The lowest BCUT2D eigenvalue weighted by Gasteiger charge is -2.34. The van der Waals surface area contributed by atoms with Crippen LogP contribution in [0.15, 0.2) is 22.1 Å². The first kappa shape index (κ1) is 13.4. The van der Waals surface area contributed by atoms with Gasteiger partial charge in [0, 0.05) is 26.2 Å². The number of nitrogens with two attached hydrogens (primary N) is 1. The summed E-state index contributed by atoms with van der Waals surface area (Å²) in [5.74, 6) is -0.841. The molecule has 8 heteroatoms. The van der Waals surface area contributed by atoms with Gasteiger partial charge in [-0.05, 0) is 12.1 Å². The Balaban J connectivity index is 1.75. The second-order valence-electron chi connectivity index (χ2n) is 5.45. The van der Waals surface area contributed by atoms with E-state index in [1.165, 1.54) is 6.07 Å². The minimum Gasteiger partial charge on any atom is -0.479 e. The molecular formula is C14H15F2N5O. The molecule has 1 aromatic carbocycles. The fourth-order valence-corrected chi connectivity index (χ4v) is 3.10. The number of fused-ring (bicyclic) bond motifs is 3. The molecule has 3 aliphatic heterocycles. The summed E-state index contributed by atoms with van der Waals surface area (Å²) in [6.45, 7) is 3.16. The Kier molecular flexibility index (Phi) is 3.00. The summed E-state index contributed by atoms with van der Waals surface area (Å²) in [7, 11) is 0. The summed E-state index contributed by atoms with van der Waals surface area (Å²) in [4.78, 5) is 10.5. The van der Waals surface area contributed by atoms with Gasteiger partial charge in [-0.1, -0.05) is 0 Å². The highest BCUT2D eigenvalue weighted by molar-refractivity contribution is 6.01. The van der Waals surface area contributed by atoms with Gasteiger partial charge in [0.2, 0.25) is 5.96 Å². The number of aliphatic imine (C=N–C) groups is 2. The number of amidine groups is 1. The molecule has 22 heavy (non-hydrogen) atoms. The van der Waals surface area contributed by atoms with Crippen LogP contribution in [0.4, 0.5) is 8.78 Å². The van der Waals surface area contributed by atoms with Gasteiger partial charge in [0.25, 0.3) is 0 Å². The van der Waals surface area contributed by atoms with Crippen molar-refractivity contribution in [2.75, 3.05) is 26.2 Å². The van der Waals surface area contributed by atoms with Crippen molar-refractivity contribution in [1.82, 2.24) is 10.2 Å². The Morgan fingerprint density at radius 1 is 1.27 bits per heavy atom. The summed E-state index contributed by atoms with van der Waals surface area (Å²) < 4.78 is 33.5. The maximum Gasteiger partial charge on any atom is 0.217 e. The summed E-state index contributed by atoms with van der Waals surface area (Å²) in [5, 5.41) is 3.25. The molecule has 1 aromatic rings. The predicted molar refractivity (Wildman–Crippen MR) is 77.0 cm³/mol. The zero-order valence-corrected chi connectivity index (χ0v) is 11.7. The molecule has 4 rings (SSSR count). The number of halogens is 2. The molecule has 3 heterocycles. The van der Waals surface area contributed by atoms with Crippen molar-refractivity contribution >= 4 is 11.8 Å². The van der Waals surface area contributed by atoms with Crippen molar-refractivity contribution in [2.24, 2.45) is 15.7 Å². The molecule has 2 unspecified atom stereocenters. The van der Waals surface area contributed by atoms with Crippen molar-refractivity contribution in [3.63, 3.8) is 0 Å². The van der Waals surface area contributed by atoms with E-state index in [1.54, 1.807) is 0 Å². The van der Waals surface area contributed by atoms with E-state index in [-0.39, 0.29) is 11.5 Å². The highest BCUT2D eigenvalue weighted by Gasteiger charge is 2.44. The fourth-order valence-electron chi connectivity index (χ4n) is 3.10. The highest BCUT2D eigenvalue weighted by atomic mass is 19.2. The summed E-state index contributed by atoms with van der Waals surface area (Å²) >= 11 is 0. The van der Waals surface area contributed by atoms with Crippen LogP contribution in [0.1, 0.15) is 11.6 Å². The zero-order chi connectivity index (χ0) is 15.3. The van der Waals surface area contributed by atoms with Crippen LogP contribution >= 0.6 is 0 Å². The van der Waals surface area contributed by atoms with Crippen LogP contribution in [-0.4, -0.2) is 49.0 Å². The molecule has 0 aliphatic carbocycles. The number of benzene rings is 1. The first-order valence-electron chi connectivity index (χ1n) is 7.17. The molecule has 3 aliphatic rings. The topological polar surface area (TPSA) is 75.2 Å². The average molecular weight is 307 g/mol. The van der Waals surface area contributed by atoms with E-state index in [2.05, 4.69) is 20.2 Å². The number of nitrogens with zero attached hydrogens (tertiary/aromatic N) is 3. The lowest BCUT2D eigenvalue weighted by Crippen LogP contribution is -2.53. The lowest BCUT2D eigenvalue weighted by atomic mass is 10.0. The van der Waals surface area contributed by atoms with Crippen LogP contribution < -0.4 is 15.8 Å². The second-order valence-corrected chi connectivity index (χ2v) is 5.45. The third-order valence-corrected chi connectivity index (χ3v) is 4.13. The molecule has 3 N–H and O–H groups in total. The zero-order valence-electron chi connectivity index (χ0n) is 11.7. The van der Waals surface area contributed by atoms with Crippen LogP contribution in [0.2, 0.25) is 0 Å². The molecule has 0 amide bonds. The Morgan fingerprint density at radius 3 is 2.82 bits per heavy atom. The number of piperazine rings is 1. The third-order valence-electron chi connectivity index (χ3n) is 4.13. The van der Waals surface area contributed by atoms with Gasteiger partial charge >= 0.3 is 0 Å². The molecule has 116 valence electrons. The normalized spacial score (nSPS) is 26.7. The number of rotatable bonds is 0. The van der Waals surface area contributed by atoms with Crippen LogP contribution in [-0.2, 0) is 0 Å². The van der Waals surface area contributed by atoms with E-state index >= 15 is 0 Å². The SMILES string of the molecule is NC1=NC2c3c(ccc(F)c3F)OC2C(N2CCNCC2)=N1. The third kappa shape index (κ3) is 1.94. The first-order chi connectivity index (χ1) is 10.6. The van der Waals surface area contributed by atoms with Gasteiger partial charge in [-0.3, -0.25) is 0 Å². The van der Waals surface area contributed by atoms with Gasteiger partial charge in [0.15, 0.2) is 23.6 Å². The number of nitrogens with one attached hydrogen (secondary N) is 1. The first-order valence-corrected chi connectivity index (χ1v) is 7.17. The number of ether oxygens (including phenoxy) is 1. The van der Waals surface area contributed by atoms with E-state index in [1.807, 2.05) is 0 Å². The monoisotopic (exact) mass is 307 g/mol. The van der Waals surface area contributed by atoms with Gasteiger partial charge in [-0.15, -0.1) is 0 Å². The Bertz CT molecular complexity index is 684. The molecule has 0 radical (unpaired) electrons. The fraction of sp³-hybridized carbons (Fsp3) is 0.429. The van der Waals surface area contributed by atoms with E-state index < -0.39 is 23.8 Å². The van der Waals surface area contributed by atoms with Crippen LogP contribution in [0, 0.1) is 11.6 Å². The maximum atomic E-state index is 14.1. The second kappa shape index (κ2) is 4.91. The summed E-state index contributed by atoms with van der Waals surface area (Å²) in [6.07, 6.45) is -0.559. The quantitative estimate of drug-likeness (QED) is 0.727. The maximum absolute atomic E-state index is 14.1. The van der Waals surface area contributed by atoms with Gasteiger partial charge in [0.05, 0.1) is 5.56 Å². The van der Waals surface area contributed by atoms with Crippen molar-refractivity contribution in [2.45, 2.75) is 12.1 Å². The van der Waals surface area contributed by atoms with Gasteiger partial charge in [0.1, 0.15) is 11.8 Å². The van der Waals surface area contributed by atoms with E-state index in [4.69, 9.17) is 10.5 Å². The lowest BCUT2D eigenvalue weighted by molar-refractivity contribution is 0.238. The van der Waals surface area contributed by atoms with Crippen LogP contribution in [0.3, 0.4) is 0 Å².